The first kappa shape index (κ1) is 29.2. The maximum Gasteiger partial charge on any atom is 0.0159 e. The number of hydrogen-bond acceptors (Lipinski definition) is 0. The lowest BCUT2D eigenvalue weighted by Gasteiger charge is -2.22. The molecule has 0 saturated carbocycles. The molecule has 2 aliphatic carbocycles. The summed E-state index contributed by atoms with van der Waals surface area (Å²) in [6, 6.07) is 59.5. The zero-order valence-corrected chi connectivity index (χ0v) is 29.0. The molecule has 0 heterocycles. The second-order valence-corrected chi connectivity index (χ2v) is 15.4. The fourth-order valence-electron chi connectivity index (χ4n) is 9.09. The molecular weight excluding hydrogens is 601 g/mol. The molecule has 0 aliphatic heterocycles. The zero-order valence-electron chi connectivity index (χ0n) is 29.0. The Labute approximate surface area is 294 Å². The Balaban J connectivity index is 1.16. The lowest BCUT2D eigenvalue weighted by atomic mass is 9.81. The van der Waals surface area contributed by atoms with E-state index in [4.69, 9.17) is 0 Å². The first-order valence-corrected chi connectivity index (χ1v) is 17.8. The summed E-state index contributed by atoms with van der Waals surface area (Å²) in [4.78, 5) is 0. The van der Waals surface area contributed by atoms with Gasteiger partial charge in [-0.05, 0) is 136 Å². The molecule has 0 unspecified atom stereocenters. The summed E-state index contributed by atoms with van der Waals surface area (Å²) < 4.78 is 0. The minimum Gasteiger partial charge on any atom is -0.0619 e. The Bertz CT molecular complexity index is 2570. The van der Waals surface area contributed by atoms with Crippen LogP contribution in [0.5, 0.6) is 0 Å². The molecule has 10 rings (SSSR count). The Morgan fingerprint density at radius 2 is 0.700 bits per heavy atom. The average Bonchev–Trinajstić information content (AvgIpc) is 3.53. The van der Waals surface area contributed by atoms with Gasteiger partial charge in [0.25, 0.3) is 0 Å². The highest BCUT2D eigenvalue weighted by atomic mass is 14.4. The van der Waals surface area contributed by atoms with E-state index >= 15 is 0 Å². The molecule has 0 heteroatoms. The van der Waals surface area contributed by atoms with Gasteiger partial charge < -0.3 is 0 Å². The number of benzene rings is 8. The molecule has 8 aromatic carbocycles. The van der Waals surface area contributed by atoms with Crippen molar-refractivity contribution >= 4 is 21.5 Å². The molecule has 0 spiro atoms. The van der Waals surface area contributed by atoms with Gasteiger partial charge in [0.2, 0.25) is 0 Å². The Morgan fingerprint density at radius 1 is 0.280 bits per heavy atom. The SMILES string of the molecule is CC1(C)c2ccccc2-c2ccc(-c3cc(-c4ccc5c(c4)C(C)(C)c4ccccc4-5)cc(-c4ccc5c(ccc6ccccc65)c4)c3)cc21. The van der Waals surface area contributed by atoms with Crippen LogP contribution in [0.4, 0.5) is 0 Å². The first-order valence-electron chi connectivity index (χ1n) is 17.8. The van der Waals surface area contributed by atoms with Crippen LogP contribution in [0.3, 0.4) is 0 Å². The fraction of sp³-hybridized carbons (Fsp3) is 0.120. The van der Waals surface area contributed by atoms with E-state index in [1.165, 1.54) is 99.4 Å². The molecule has 0 bridgehead atoms. The number of hydrogen-bond donors (Lipinski definition) is 0. The van der Waals surface area contributed by atoms with Gasteiger partial charge in [-0.1, -0.05) is 149 Å². The largest absolute Gasteiger partial charge is 0.0619 e. The molecular formula is C50H38. The van der Waals surface area contributed by atoms with Gasteiger partial charge in [0.15, 0.2) is 0 Å². The van der Waals surface area contributed by atoms with Crippen molar-refractivity contribution in [2.45, 2.75) is 38.5 Å². The van der Waals surface area contributed by atoms with Crippen LogP contribution >= 0.6 is 0 Å². The van der Waals surface area contributed by atoms with Gasteiger partial charge in [-0.25, -0.2) is 0 Å². The minimum absolute atomic E-state index is 0.0515. The maximum absolute atomic E-state index is 2.45. The van der Waals surface area contributed by atoms with Gasteiger partial charge in [0.05, 0.1) is 0 Å². The third kappa shape index (κ3) is 4.18. The van der Waals surface area contributed by atoms with Crippen LogP contribution in [-0.4, -0.2) is 0 Å². The Hall–Kier alpha value is -5.72. The van der Waals surface area contributed by atoms with Gasteiger partial charge in [-0.3, -0.25) is 0 Å². The highest BCUT2D eigenvalue weighted by Gasteiger charge is 2.36. The summed E-state index contributed by atoms with van der Waals surface area (Å²) in [7, 11) is 0. The van der Waals surface area contributed by atoms with Gasteiger partial charge in [0, 0.05) is 10.8 Å². The second-order valence-electron chi connectivity index (χ2n) is 15.4. The lowest BCUT2D eigenvalue weighted by Crippen LogP contribution is -2.15. The van der Waals surface area contributed by atoms with Gasteiger partial charge >= 0.3 is 0 Å². The van der Waals surface area contributed by atoms with E-state index < -0.39 is 0 Å². The molecule has 0 radical (unpaired) electrons. The van der Waals surface area contributed by atoms with Crippen LogP contribution in [0.1, 0.15) is 49.9 Å². The predicted molar refractivity (Wildman–Crippen MR) is 213 cm³/mol. The van der Waals surface area contributed by atoms with Crippen molar-refractivity contribution in [2.24, 2.45) is 0 Å². The van der Waals surface area contributed by atoms with Gasteiger partial charge in [-0.15, -0.1) is 0 Å². The van der Waals surface area contributed by atoms with E-state index in [9.17, 15) is 0 Å². The van der Waals surface area contributed by atoms with Crippen molar-refractivity contribution in [1.82, 2.24) is 0 Å². The number of rotatable bonds is 3. The molecule has 0 saturated heterocycles. The molecule has 0 nitrogen and oxygen atoms in total. The van der Waals surface area contributed by atoms with Gasteiger partial charge in [-0.2, -0.15) is 0 Å². The smallest absolute Gasteiger partial charge is 0.0159 e. The van der Waals surface area contributed by atoms with E-state index in [2.05, 4.69) is 185 Å². The van der Waals surface area contributed by atoms with Crippen molar-refractivity contribution in [3.05, 3.63) is 180 Å². The van der Waals surface area contributed by atoms with Crippen molar-refractivity contribution in [3.8, 4) is 55.6 Å². The summed E-state index contributed by atoms with van der Waals surface area (Å²) in [6.45, 7) is 9.47. The Morgan fingerprint density at radius 3 is 1.28 bits per heavy atom. The molecule has 0 aromatic heterocycles. The zero-order chi connectivity index (χ0) is 33.8. The second kappa shape index (κ2) is 10.4. The fourth-order valence-corrected chi connectivity index (χ4v) is 9.09. The molecule has 238 valence electrons. The standard InChI is InChI=1S/C50H38/c1-49(2)45-15-9-7-13-41(45)43-23-20-33(29-47(43)49)37-26-36(32-19-22-40-35(25-32)18-17-31-11-5-6-12-39(31)40)27-38(28-37)34-21-24-44-42-14-8-10-16-46(42)50(3,4)48(44)30-34/h5-30H,1-4H3. The molecule has 2 aliphatic rings. The maximum atomic E-state index is 2.45. The van der Waals surface area contributed by atoms with Crippen molar-refractivity contribution in [1.29, 1.82) is 0 Å². The summed E-state index contributed by atoms with van der Waals surface area (Å²) in [5, 5.41) is 5.14. The van der Waals surface area contributed by atoms with Crippen LogP contribution in [0.15, 0.2) is 158 Å². The summed E-state index contributed by atoms with van der Waals surface area (Å²) >= 11 is 0. The van der Waals surface area contributed by atoms with E-state index in [1.54, 1.807) is 0 Å². The molecule has 8 aromatic rings. The highest BCUT2D eigenvalue weighted by molar-refractivity contribution is 6.08. The van der Waals surface area contributed by atoms with E-state index in [0.717, 1.165) is 0 Å². The van der Waals surface area contributed by atoms with E-state index in [-0.39, 0.29) is 10.8 Å². The van der Waals surface area contributed by atoms with Crippen LogP contribution in [0.25, 0.3) is 77.2 Å². The molecule has 0 amide bonds. The normalized spacial score (nSPS) is 14.7. The Kier molecular flexibility index (Phi) is 6.07. The van der Waals surface area contributed by atoms with Crippen molar-refractivity contribution in [3.63, 3.8) is 0 Å². The molecule has 0 atom stereocenters. The molecule has 0 N–H and O–H groups in total. The van der Waals surface area contributed by atoms with Crippen LogP contribution in [0, 0.1) is 0 Å². The van der Waals surface area contributed by atoms with E-state index in [1.807, 2.05) is 0 Å². The quantitative estimate of drug-likeness (QED) is 0.169. The first-order chi connectivity index (χ1) is 24.3. The monoisotopic (exact) mass is 638 g/mol. The highest BCUT2D eigenvalue weighted by Crippen LogP contribution is 2.51. The summed E-state index contributed by atoms with van der Waals surface area (Å²) in [6.07, 6.45) is 0. The lowest BCUT2D eigenvalue weighted by molar-refractivity contribution is 0.660. The van der Waals surface area contributed by atoms with Crippen molar-refractivity contribution in [2.75, 3.05) is 0 Å². The third-order valence-electron chi connectivity index (χ3n) is 11.8. The van der Waals surface area contributed by atoms with Crippen LogP contribution < -0.4 is 0 Å². The van der Waals surface area contributed by atoms with Gasteiger partial charge in [0.1, 0.15) is 0 Å². The third-order valence-corrected chi connectivity index (χ3v) is 11.8. The van der Waals surface area contributed by atoms with Crippen LogP contribution in [0.2, 0.25) is 0 Å². The van der Waals surface area contributed by atoms with Crippen molar-refractivity contribution < 1.29 is 0 Å². The minimum atomic E-state index is -0.0515. The number of fused-ring (bicyclic) bond motifs is 9. The molecule has 50 heavy (non-hydrogen) atoms. The van der Waals surface area contributed by atoms with Crippen LogP contribution in [-0.2, 0) is 10.8 Å². The summed E-state index contributed by atoms with van der Waals surface area (Å²) in [5.74, 6) is 0. The predicted octanol–water partition coefficient (Wildman–Crippen LogP) is 13.6. The molecule has 0 fully saturated rings. The average molecular weight is 639 g/mol. The van der Waals surface area contributed by atoms with E-state index in [0.29, 0.717) is 0 Å². The topological polar surface area (TPSA) is 0 Å². The summed E-state index contributed by atoms with van der Waals surface area (Å²) in [5.41, 5.74) is 18.4.